The maximum Gasteiger partial charge on any atom is 0.146 e. The summed E-state index contributed by atoms with van der Waals surface area (Å²) in [6.45, 7) is 4.14. The monoisotopic (exact) mass is 401 g/mol. The van der Waals surface area contributed by atoms with Crippen LogP contribution in [0.15, 0.2) is 44.5 Å². The number of allylic oxidation sites excluding steroid dienone is 1. The van der Waals surface area contributed by atoms with Crippen LogP contribution in [0.5, 0.6) is 0 Å². The molecule has 4 nitrogen and oxygen atoms in total. The largest absolute Gasteiger partial charge is 0.494 e. The summed E-state index contributed by atoms with van der Waals surface area (Å²) >= 11 is 5.22. The summed E-state index contributed by atoms with van der Waals surface area (Å²) in [5.74, 6) is 0.774. The van der Waals surface area contributed by atoms with Crippen LogP contribution >= 0.6 is 27.3 Å². The standard InChI is InChI=1S/C18H16BrN3OS/c1-9-4-10(2)20-11(9)5-14-16(23-3)6-12(21-14)13-7-17-15(22-13)8-18(19)24-17/h4-8,20,22H,1-3H3/b14-5-. The van der Waals surface area contributed by atoms with E-state index in [9.17, 15) is 0 Å². The van der Waals surface area contributed by atoms with Crippen molar-refractivity contribution >= 4 is 49.3 Å². The van der Waals surface area contributed by atoms with Crippen LogP contribution in [0.4, 0.5) is 0 Å². The smallest absolute Gasteiger partial charge is 0.146 e. The Labute approximate surface area is 152 Å². The number of halogens is 1. The zero-order chi connectivity index (χ0) is 16.8. The molecule has 0 saturated carbocycles. The number of nitrogens with one attached hydrogen (secondary N) is 2. The molecule has 2 N–H and O–H groups in total. The molecule has 122 valence electrons. The molecule has 0 unspecified atom stereocenters. The van der Waals surface area contributed by atoms with Crippen molar-refractivity contribution in [1.29, 1.82) is 0 Å². The Hall–Kier alpha value is -2.05. The average molecular weight is 402 g/mol. The highest BCUT2D eigenvalue weighted by molar-refractivity contribution is 9.11. The number of nitrogens with zero attached hydrogens (tertiary/aromatic N) is 1. The fourth-order valence-corrected chi connectivity index (χ4v) is 4.42. The molecule has 0 saturated heterocycles. The van der Waals surface area contributed by atoms with E-state index < -0.39 is 0 Å². The number of aryl methyl sites for hydroxylation is 2. The second-order valence-electron chi connectivity index (χ2n) is 5.80. The van der Waals surface area contributed by atoms with Crippen LogP contribution in [0.25, 0.3) is 16.3 Å². The summed E-state index contributed by atoms with van der Waals surface area (Å²) in [6.07, 6.45) is 4.01. The van der Waals surface area contributed by atoms with Gasteiger partial charge in [0.2, 0.25) is 0 Å². The lowest BCUT2D eigenvalue weighted by molar-refractivity contribution is 0.303. The topological polar surface area (TPSA) is 53.2 Å². The lowest BCUT2D eigenvalue weighted by Gasteiger charge is -2.01. The number of ether oxygens (including phenoxy) is 1. The number of rotatable bonds is 3. The van der Waals surface area contributed by atoms with E-state index in [1.165, 1.54) is 10.3 Å². The van der Waals surface area contributed by atoms with E-state index in [2.05, 4.69) is 57.9 Å². The summed E-state index contributed by atoms with van der Waals surface area (Å²) in [7, 11) is 1.68. The van der Waals surface area contributed by atoms with Crippen molar-refractivity contribution in [2.45, 2.75) is 13.8 Å². The molecule has 3 aromatic heterocycles. The molecule has 0 spiro atoms. The number of thiophene rings is 1. The van der Waals surface area contributed by atoms with Gasteiger partial charge in [-0.15, -0.1) is 11.3 Å². The SMILES string of the molecule is COC1=CC(c2cc3sc(Br)cc3[nH]2)=N/C1=C\c1[nH]c(C)cc1C. The Bertz CT molecular complexity index is 1000. The Balaban J connectivity index is 1.75. The molecule has 24 heavy (non-hydrogen) atoms. The number of aliphatic imine (C=N–C) groups is 1. The summed E-state index contributed by atoms with van der Waals surface area (Å²) in [6, 6.07) is 6.33. The summed E-state index contributed by atoms with van der Waals surface area (Å²) < 4.78 is 7.84. The lowest BCUT2D eigenvalue weighted by atomic mass is 10.2. The van der Waals surface area contributed by atoms with Crippen LogP contribution in [0.3, 0.4) is 0 Å². The molecular formula is C18H16BrN3OS. The van der Waals surface area contributed by atoms with Crippen LogP contribution < -0.4 is 0 Å². The minimum atomic E-state index is 0.774. The van der Waals surface area contributed by atoms with Crippen LogP contribution in [-0.2, 0) is 4.74 Å². The van der Waals surface area contributed by atoms with Gasteiger partial charge in [-0.1, -0.05) is 0 Å². The number of H-pyrrole nitrogens is 2. The normalized spacial score (nSPS) is 16.1. The van der Waals surface area contributed by atoms with E-state index in [4.69, 9.17) is 9.73 Å². The van der Waals surface area contributed by atoms with Gasteiger partial charge in [0, 0.05) is 17.5 Å². The van der Waals surface area contributed by atoms with Crippen LogP contribution in [0.1, 0.15) is 22.6 Å². The Morgan fingerprint density at radius 2 is 2.04 bits per heavy atom. The molecule has 1 aliphatic rings. The number of hydrogen-bond donors (Lipinski definition) is 2. The summed E-state index contributed by atoms with van der Waals surface area (Å²) in [5, 5.41) is 0. The second-order valence-corrected chi connectivity index (χ2v) is 8.26. The van der Waals surface area contributed by atoms with Crippen molar-refractivity contribution in [3.05, 3.63) is 62.2 Å². The fraction of sp³-hybridized carbons (Fsp3) is 0.167. The number of fused-ring (bicyclic) bond motifs is 1. The molecule has 0 aromatic carbocycles. The third-order valence-electron chi connectivity index (χ3n) is 4.00. The first-order valence-corrected chi connectivity index (χ1v) is 9.15. The lowest BCUT2D eigenvalue weighted by Crippen LogP contribution is -1.93. The van der Waals surface area contributed by atoms with Gasteiger partial charge in [0.25, 0.3) is 0 Å². The summed E-state index contributed by atoms with van der Waals surface area (Å²) in [4.78, 5) is 11.5. The van der Waals surface area contributed by atoms with E-state index >= 15 is 0 Å². The van der Waals surface area contributed by atoms with Gasteiger partial charge in [0.05, 0.1) is 32.5 Å². The van der Waals surface area contributed by atoms with Gasteiger partial charge in [-0.3, -0.25) is 0 Å². The highest BCUT2D eigenvalue weighted by Crippen LogP contribution is 2.32. The number of hydrogen-bond acceptors (Lipinski definition) is 3. The minimum Gasteiger partial charge on any atom is -0.494 e. The molecular weight excluding hydrogens is 386 g/mol. The first-order valence-electron chi connectivity index (χ1n) is 7.54. The minimum absolute atomic E-state index is 0.774. The molecule has 0 atom stereocenters. The highest BCUT2D eigenvalue weighted by Gasteiger charge is 2.19. The quantitative estimate of drug-likeness (QED) is 0.613. The predicted octanol–water partition coefficient (Wildman–Crippen LogP) is 5.31. The molecule has 0 aliphatic carbocycles. The number of methoxy groups -OCH3 is 1. The van der Waals surface area contributed by atoms with Gasteiger partial charge in [0.15, 0.2) is 0 Å². The van der Waals surface area contributed by atoms with Gasteiger partial charge in [-0.2, -0.15) is 0 Å². The zero-order valence-corrected chi connectivity index (χ0v) is 15.9. The maximum absolute atomic E-state index is 5.51. The van der Waals surface area contributed by atoms with Gasteiger partial charge in [-0.05, 0) is 59.6 Å². The Morgan fingerprint density at radius 1 is 1.21 bits per heavy atom. The van der Waals surface area contributed by atoms with E-state index in [-0.39, 0.29) is 0 Å². The molecule has 1 aliphatic heterocycles. The molecule has 0 amide bonds. The van der Waals surface area contributed by atoms with Crippen molar-refractivity contribution in [2.24, 2.45) is 4.99 Å². The van der Waals surface area contributed by atoms with Crippen molar-refractivity contribution in [3.8, 4) is 0 Å². The second kappa shape index (κ2) is 5.79. The van der Waals surface area contributed by atoms with Gasteiger partial charge < -0.3 is 14.7 Å². The average Bonchev–Trinajstić information content (AvgIpc) is 3.23. The number of aromatic amines is 2. The zero-order valence-electron chi connectivity index (χ0n) is 13.5. The van der Waals surface area contributed by atoms with Crippen molar-refractivity contribution in [2.75, 3.05) is 7.11 Å². The van der Waals surface area contributed by atoms with Crippen molar-refractivity contribution in [3.63, 3.8) is 0 Å². The molecule has 0 fully saturated rings. The van der Waals surface area contributed by atoms with Gasteiger partial charge >= 0.3 is 0 Å². The van der Waals surface area contributed by atoms with Crippen LogP contribution in [-0.4, -0.2) is 22.8 Å². The van der Waals surface area contributed by atoms with Gasteiger partial charge in [0.1, 0.15) is 11.5 Å². The first-order chi connectivity index (χ1) is 11.5. The predicted molar refractivity (Wildman–Crippen MR) is 104 cm³/mol. The third-order valence-corrected chi connectivity index (χ3v) is 5.59. The fourth-order valence-electron chi connectivity index (χ4n) is 2.89. The Morgan fingerprint density at radius 3 is 2.71 bits per heavy atom. The number of aromatic nitrogens is 2. The van der Waals surface area contributed by atoms with E-state index in [1.54, 1.807) is 18.4 Å². The molecule has 6 heteroatoms. The molecule has 4 heterocycles. The highest BCUT2D eigenvalue weighted by atomic mass is 79.9. The maximum atomic E-state index is 5.51. The van der Waals surface area contributed by atoms with E-state index in [0.717, 1.165) is 43.6 Å². The van der Waals surface area contributed by atoms with E-state index in [1.807, 2.05) is 12.2 Å². The van der Waals surface area contributed by atoms with Crippen molar-refractivity contribution < 1.29 is 4.74 Å². The Kier molecular flexibility index (Phi) is 3.73. The van der Waals surface area contributed by atoms with E-state index in [0.29, 0.717) is 0 Å². The molecule has 0 bridgehead atoms. The summed E-state index contributed by atoms with van der Waals surface area (Å²) in [5.41, 5.74) is 7.23. The third kappa shape index (κ3) is 2.65. The van der Waals surface area contributed by atoms with Gasteiger partial charge in [-0.25, -0.2) is 4.99 Å². The molecule has 4 rings (SSSR count). The van der Waals surface area contributed by atoms with Crippen LogP contribution in [0, 0.1) is 13.8 Å². The van der Waals surface area contributed by atoms with Crippen LogP contribution in [0.2, 0.25) is 0 Å². The first kappa shape index (κ1) is 15.5. The molecule has 0 radical (unpaired) electrons. The molecule has 3 aromatic rings. The van der Waals surface area contributed by atoms with Crippen molar-refractivity contribution in [1.82, 2.24) is 9.97 Å².